The van der Waals surface area contributed by atoms with Gasteiger partial charge in [0.05, 0.1) is 28.7 Å². The monoisotopic (exact) mass is 416 g/mol. The topological polar surface area (TPSA) is 35.5 Å². The molecule has 0 radical (unpaired) electrons. The minimum atomic E-state index is -0.496. The Bertz CT molecular complexity index is 702. The summed E-state index contributed by atoms with van der Waals surface area (Å²) in [5, 5.41) is 0. The largest absolute Gasteiger partial charge is 0.496 e. The Kier molecular flexibility index (Phi) is 5.00. The Morgan fingerprint density at radius 3 is 2.24 bits per heavy atom. The van der Waals surface area contributed by atoms with Crippen LogP contribution >= 0.6 is 31.9 Å². The molecule has 0 spiro atoms. The van der Waals surface area contributed by atoms with Gasteiger partial charge in [-0.3, -0.25) is 4.79 Å². The summed E-state index contributed by atoms with van der Waals surface area (Å²) in [6.07, 6.45) is 0. The Morgan fingerprint density at radius 2 is 1.67 bits per heavy atom. The van der Waals surface area contributed by atoms with Crippen molar-refractivity contribution in [1.82, 2.24) is 0 Å². The van der Waals surface area contributed by atoms with Crippen LogP contribution in [0, 0.1) is 5.82 Å². The van der Waals surface area contributed by atoms with Crippen LogP contribution in [-0.2, 0) is 0 Å². The van der Waals surface area contributed by atoms with Gasteiger partial charge in [0.15, 0.2) is 5.78 Å². The second-order valence-electron chi connectivity index (χ2n) is 4.15. The van der Waals surface area contributed by atoms with E-state index in [-0.39, 0.29) is 11.3 Å². The molecule has 0 atom stereocenters. The number of halogens is 3. The molecule has 0 aliphatic carbocycles. The van der Waals surface area contributed by atoms with Gasteiger partial charge in [-0.2, -0.15) is 0 Å². The standard InChI is InChI=1S/C15H11Br2FO3/c1-20-13-7-11(17)14(21-2)6-9(13)15(19)8-3-4-10(16)12(18)5-8/h3-7H,1-2H3. The highest BCUT2D eigenvalue weighted by Gasteiger charge is 2.18. The Morgan fingerprint density at radius 1 is 1.00 bits per heavy atom. The SMILES string of the molecule is COc1cc(C(=O)c2ccc(Br)c(F)c2)c(OC)cc1Br. The molecule has 0 aliphatic rings. The van der Waals surface area contributed by atoms with Crippen LogP contribution in [0.4, 0.5) is 4.39 Å². The van der Waals surface area contributed by atoms with Gasteiger partial charge in [0.2, 0.25) is 0 Å². The quantitative estimate of drug-likeness (QED) is 0.682. The molecule has 6 heteroatoms. The van der Waals surface area contributed by atoms with Crippen molar-refractivity contribution >= 4 is 37.6 Å². The molecule has 0 saturated heterocycles. The highest BCUT2D eigenvalue weighted by atomic mass is 79.9. The van der Waals surface area contributed by atoms with Crippen LogP contribution in [0.15, 0.2) is 39.3 Å². The van der Waals surface area contributed by atoms with E-state index in [4.69, 9.17) is 9.47 Å². The summed E-state index contributed by atoms with van der Waals surface area (Å²) in [5.74, 6) is 0.0423. The first-order valence-corrected chi connectivity index (χ1v) is 7.47. The maximum atomic E-state index is 13.6. The van der Waals surface area contributed by atoms with Crippen molar-refractivity contribution < 1.29 is 18.7 Å². The minimum absolute atomic E-state index is 0.235. The fraction of sp³-hybridized carbons (Fsp3) is 0.133. The molecule has 2 aromatic carbocycles. The lowest BCUT2D eigenvalue weighted by molar-refractivity contribution is 0.103. The average molecular weight is 418 g/mol. The summed E-state index contributed by atoms with van der Waals surface area (Å²) in [7, 11) is 2.97. The molecule has 2 aromatic rings. The summed E-state index contributed by atoms with van der Waals surface area (Å²) in [6, 6.07) is 7.42. The fourth-order valence-corrected chi connectivity index (χ4v) is 2.56. The van der Waals surface area contributed by atoms with Crippen molar-refractivity contribution in [1.29, 1.82) is 0 Å². The number of carbonyl (C=O) groups is 1. The van der Waals surface area contributed by atoms with E-state index >= 15 is 0 Å². The molecule has 0 bridgehead atoms. The summed E-state index contributed by atoms with van der Waals surface area (Å²) in [4.78, 5) is 12.5. The molecule has 0 amide bonds. The second kappa shape index (κ2) is 6.58. The molecule has 0 heterocycles. The third-order valence-electron chi connectivity index (χ3n) is 2.90. The predicted molar refractivity (Wildman–Crippen MR) is 84.8 cm³/mol. The molecule has 0 aliphatic heterocycles. The first-order valence-electron chi connectivity index (χ1n) is 5.89. The van der Waals surface area contributed by atoms with Crippen molar-refractivity contribution in [3.63, 3.8) is 0 Å². The van der Waals surface area contributed by atoms with Crippen LogP contribution in [0.3, 0.4) is 0 Å². The van der Waals surface area contributed by atoms with Gasteiger partial charge < -0.3 is 9.47 Å². The molecule has 0 N–H and O–H groups in total. The van der Waals surface area contributed by atoms with Gasteiger partial charge in [-0.05, 0) is 62.2 Å². The molecule has 21 heavy (non-hydrogen) atoms. The van der Waals surface area contributed by atoms with E-state index in [0.717, 1.165) is 0 Å². The molecule has 2 rings (SSSR count). The van der Waals surface area contributed by atoms with E-state index in [1.165, 1.54) is 26.4 Å². The summed E-state index contributed by atoms with van der Waals surface area (Å²) >= 11 is 6.38. The van der Waals surface area contributed by atoms with Gasteiger partial charge in [0.1, 0.15) is 17.3 Å². The maximum Gasteiger partial charge on any atom is 0.196 e. The number of rotatable bonds is 4. The third-order valence-corrected chi connectivity index (χ3v) is 4.16. The lowest BCUT2D eigenvalue weighted by atomic mass is 10.0. The van der Waals surface area contributed by atoms with Crippen molar-refractivity contribution in [3.8, 4) is 11.5 Å². The van der Waals surface area contributed by atoms with Gasteiger partial charge in [0.25, 0.3) is 0 Å². The van der Waals surface area contributed by atoms with E-state index in [1.54, 1.807) is 18.2 Å². The van der Waals surface area contributed by atoms with Crippen molar-refractivity contribution in [2.24, 2.45) is 0 Å². The number of carbonyl (C=O) groups excluding carboxylic acids is 1. The van der Waals surface area contributed by atoms with E-state index in [1.807, 2.05) is 0 Å². The van der Waals surface area contributed by atoms with Gasteiger partial charge in [0, 0.05) is 5.56 Å². The lowest BCUT2D eigenvalue weighted by Gasteiger charge is -2.11. The smallest absolute Gasteiger partial charge is 0.196 e. The third kappa shape index (κ3) is 3.27. The minimum Gasteiger partial charge on any atom is -0.496 e. The van der Waals surface area contributed by atoms with Crippen LogP contribution in [-0.4, -0.2) is 20.0 Å². The first-order chi connectivity index (χ1) is 9.97. The molecule has 0 aromatic heterocycles. The Balaban J connectivity index is 2.53. The predicted octanol–water partition coefficient (Wildman–Crippen LogP) is 4.60. The molecule has 0 unspecified atom stereocenters. The van der Waals surface area contributed by atoms with E-state index in [9.17, 15) is 9.18 Å². The van der Waals surface area contributed by atoms with Crippen LogP contribution in [0.25, 0.3) is 0 Å². The molecule has 0 saturated carbocycles. The van der Waals surface area contributed by atoms with Crippen LogP contribution in [0.1, 0.15) is 15.9 Å². The molecule has 110 valence electrons. The number of ether oxygens (including phenoxy) is 2. The van der Waals surface area contributed by atoms with Crippen molar-refractivity contribution in [2.45, 2.75) is 0 Å². The second-order valence-corrected chi connectivity index (χ2v) is 5.85. The number of methoxy groups -OCH3 is 2. The molecule has 0 fully saturated rings. The van der Waals surface area contributed by atoms with Crippen molar-refractivity contribution in [2.75, 3.05) is 14.2 Å². The highest BCUT2D eigenvalue weighted by molar-refractivity contribution is 9.10. The van der Waals surface area contributed by atoms with Crippen LogP contribution in [0.5, 0.6) is 11.5 Å². The zero-order valence-corrected chi connectivity index (χ0v) is 14.4. The van der Waals surface area contributed by atoms with Crippen molar-refractivity contribution in [3.05, 3.63) is 56.2 Å². The molecular weight excluding hydrogens is 407 g/mol. The Labute approximate surface area is 138 Å². The zero-order chi connectivity index (χ0) is 15.6. The van der Waals surface area contributed by atoms with Gasteiger partial charge in [-0.1, -0.05) is 0 Å². The summed E-state index contributed by atoms with van der Waals surface area (Å²) < 4.78 is 24.9. The lowest BCUT2D eigenvalue weighted by Crippen LogP contribution is -2.05. The highest BCUT2D eigenvalue weighted by Crippen LogP contribution is 2.34. The van der Waals surface area contributed by atoms with Crippen LogP contribution < -0.4 is 9.47 Å². The number of benzene rings is 2. The van der Waals surface area contributed by atoms with E-state index < -0.39 is 5.82 Å². The number of hydrogen-bond acceptors (Lipinski definition) is 3. The summed E-state index contributed by atoms with van der Waals surface area (Å²) in [6.45, 7) is 0. The maximum absolute atomic E-state index is 13.6. The van der Waals surface area contributed by atoms with E-state index in [0.29, 0.717) is 26.0 Å². The first kappa shape index (κ1) is 16.0. The van der Waals surface area contributed by atoms with Crippen LogP contribution in [0.2, 0.25) is 0 Å². The fourth-order valence-electron chi connectivity index (χ4n) is 1.83. The van der Waals surface area contributed by atoms with Gasteiger partial charge >= 0.3 is 0 Å². The Hall–Kier alpha value is -1.40. The normalized spacial score (nSPS) is 10.3. The summed E-state index contributed by atoms with van der Waals surface area (Å²) in [5.41, 5.74) is 0.539. The zero-order valence-electron chi connectivity index (χ0n) is 11.2. The van der Waals surface area contributed by atoms with Gasteiger partial charge in [-0.25, -0.2) is 4.39 Å². The number of ketones is 1. The van der Waals surface area contributed by atoms with Gasteiger partial charge in [-0.15, -0.1) is 0 Å². The van der Waals surface area contributed by atoms with E-state index in [2.05, 4.69) is 31.9 Å². The molecular formula is C15H11Br2FO3. The molecule has 3 nitrogen and oxygen atoms in total. The number of hydrogen-bond donors (Lipinski definition) is 0. The average Bonchev–Trinajstić information content (AvgIpc) is 2.49.